The van der Waals surface area contributed by atoms with Crippen molar-refractivity contribution >= 4 is 5.96 Å². The first-order chi connectivity index (χ1) is 6.45. The van der Waals surface area contributed by atoms with E-state index in [0.717, 1.165) is 37.7 Å². The number of nitrogens with one attached hydrogen (secondary N) is 3. The third kappa shape index (κ3) is 2.21. The minimum absolute atomic E-state index is 0.742. The highest BCUT2D eigenvalue weighted by atomic mass is 15.2. The molecule has 0 atom stereocenters. The molecule has 70 valence electrons. The van der Waals surface area contributed by atoms with Crippen molar-refractivity contribution in [3.8, 4) is 0 Å². The number of imidazole rings is 1. The molecule has 0 saturated carbocycles. The van der Waals surface area contributed by atoms with E-state index in [9.17, 15) is 0 Å². The Bertz CT molecular complexity index is 277. The Morgan fingerprint density at radius 1 is 1.54 bits per heavy atom. The van der Waals surface area contributed by atoms with Crippen molar-refractivity contribution in [3.63, 3.8) is 0 Å². The van der Waals surface area contributed by atoms with Gasteiger partial charge >= 0.3 is 0 Å². The summed E-state index contributed by atoms with van der Waals surface area (Å²) in [5.74, 6) is 0.890. The fourth-order valence-electron chi connectivity index (χ4n) is 1.21. The SMILES string of the molecule is c1ncc(CNC2=NCCCN2)[nH]1. The largest absolute Gasteiger partial charge is 0.356 e. The van der Waals surface area contributed by atoms with Crippen LogP contribution in [-0.4, -0.2) is 29.0 Å². The van der Waals surface area contributed by atoms with Crippen LogP contribution in [0.15, 0.2) is 17.5 Å². The lowest BCUT2D eigenvalue weighted by Gasteiger charge is -2.15. The van der Waals surface area contributed by atoms with Crippen LogP contribution >= 0.6 is 0 Å². The van der Waals surface area contributed by atoms with Gasteiger partial charge in [-0.1, -0.05) is 0 Å². The minimum Gasteiger partial charge on any atom is -0.356 e. The Morgan fingerprint density at radius 2 is 2.54 bits per heavy atom. The zero-order valence-corrected chi connectivity index (χ0v) is 7.38. The van der Waals surface area contributed by atoms with Gasteiger partial charge in [-0.3, -0.25) is 4.99 Å². The number of guanidine groups is 1. The van der Waals surface area contributed by atoms with Gasteiger partial charge in [-0.15, -0.1) is 0 Å². The van der Waals surface area contributed by atoms with E-state index in [1.807, 2.05) is 0 Å². The van der Waals surface area contributed by atoms with E-state index < -0.39 is 0 Å². The molecule has 0 radical (unpaired) electrons. The average Bonchev–Trinajstić information content (AvgIpc) is 2.69. The lowest BCUT2D eigenvalue weighted by Crippen LogP contribution is -2.40. The predicted octanol–water partition coefficient (Wildman–Crippen LogP) is -0.151. The lowest BCUT2D eigenvalue weighted by molar-refractivity contribution is 0.699. The van der Waals surface area contributed by atoms with Crippen LogP contribution in [0.4, 0.5) is 0 Å². The molecule has 2 heterocycles. The second-order valence-corrected chi connectivity index (χ2v) is 2.94. The summed E-state index contributed by atoms with van der Waals surface area (Å²) in [5.41, 5.74) is 1.06. The Kier molecular flexibility index (Phi) is 2.45. The highest BCUT2D eigenvalue weighted by Crippen LogP contribution is 1.91. The number of H-pyrrole nitrogens is 1. The summed E-state index contributed by atoms with van der Waals surface area (Å²) in [7, 11) is 0. The summed E-state index contributed by atoms with van der Waals surface area (Å²) < 4.78 is 0. The maximum atomic E-state index is 4.29. The summed E-state index contributed by atoms with van der Waals surface area (Å²) in [6.45, 7) is 2.67. The maximum Gasteiger partial charge on any atom is 0.191 e. The smallest absolute Gasteiger partial charge is 0.191 e. The molecule has 2 rings (SSSR count). The van der Waals surface area contributed by atoms with Crippen molar-refractivity contribution in [3.05, 3.63) is 18.2 Å². The van der Waals surface area contributed by atoms with E-state index in [1.54, 1.807) is 12.5 Å². The third-order valence-electron chi connectivity index (χ3n) is 1.90. The third-order valence-corrected chi connectivity index (χ3v) is 1.90. The van der Waals surface area contributed by atoms with Gasteiger partial charge in [-0.2, -0.15) is 0 Å². The van der Waals surface area contributed by atoms with Crippen molar-refractivity contribution in [2.45, 2.75) is 13.0 Å². The number of aromatic amines is 1. The van der Waals surface area contributed by atoms with Crippen molar-refractivity contribution in [2.24, 2.45) is 4.99 Å². The van der Waals surface area contributed by atoms with Crippen LogP contribution in [0.3, 0.4) is 0 Å². The Labute approximate surface area is 76.7 Å². The molecule has 0 spiro atoms. The van der Waals surface area contributed by atoms with Gasteiger partial charge in [-0.05, 0) is 6.42 Å². The molecule has 0 fully saturated rings. The zero-order chi connectivity index (χ0) is 8.93. The molecule has 1 aliphatic rings. The van der Waals surface area contributed by atoms with Crippen molar-refractivity contribution in [1.82, 2.24) is 20.6 Å². The molecule has 0 bridgehead atoms. The normalized spacial score (nSPS) is 16.2. The lowest BCUT2D eigenvalue weighted by atomic mass is 10.4. The highest BCUT2D eigenvalue weighted by molar-refractivity contribution is 5.80. The number of nitrogens with zero attached hydrogens (tertiary/aromatic N) is 2. The van der Waals surface area contributed by atoms with Gasteiger partial charge in [0.1, 0.15) is 0 Å². The first-order valence-corrected chi connectivity index (χ1v) is 4.44. The van der Waals surface area contributed by atoms with Crippen LogP contribution in [0, 0.1) is 0 Å². The molecule has 13 heavy (non-hydrogen) atoms. The average molecular weight is 179 g/mol. The molecule has 0 amide bonds. The van der Waals surface area contributed by atoms with Crippen molar-refractivity contribution in [1.29, 1.82) is 0 Å². The first-order valence-electron chi connectivity index (χ1n) is 4.44. The van der Waals surface area contributed by atoms with Crippen LogP contribution in [0.2, 0.25) is 0 Å². The number of rotatable bonds is 2. The van der Waals surface area contributed by atoms with Crippen LogP contribution in [-0.2, 0) is 6.54 Å². The maximum absolute atomic E-state index is 4.29. The van der Waals surface area contributed by atoms with Gasteiger partial charge in [0.2, 0.25) is 0 Å². The molecule has 0 unspecified atom stereocenters. The molecule has 3 N–H and O–H groups in total. The monoisotopic (exact) mass is 179 g/mol. The summed E-state index contributed by atoms with van der Waals surface area (Å²) in [4.78, 5) is 11.2. The summed E-state index contributed by atoms with van der Waals surface area (Å²) in [6.07, 6.45) is 4.60. The zero-order valence-electron chi connectivity index (χ0n) is 7.38. The fraction of sp³-hybridized carbons (Fsp3) is 0.500. The molecular formula is C8H13N5. The van der Waals surface area contributed by atoms with Crippen LogP contribution in [0.1, 0.15) is 12.1 Å². The molecule has 5 heteroatoms. The van der Waals surface area contributed by atoms with E-state index >= 15 is 0 Å². The van der Waals surface area contributed by atoms with E-state index in [1.165, 1.54) is 0 Å². The molecule has 5 nitrogen and oxygen atoms in total. The minimum atomic E-state index is 0.742. The number of aliphatic imine (C=N–C) groups is 1. The van der Waals surface area contributed by atoms with Crippen molar-refractivity contribution in [2.75, 3.05) is 13.1 Å². The number of aromatic nitrogens is 2. The molecule has 0 aromatic carbocycles. The van der Waals surface area contributed by atoms with Gasteiger partial charge in [0.15, 0.2) is 5.96 Å². The standard InChI is InChI=1S/C8H13N5/c1-2-10-8(11-3-1)12-5-7-4-9-6-13-7/h4,6H,1-3,5H2,(H,9,13)(H2,10,11,12). The predicted molar refractivity (Wildman–Crippen MR) is 50.3 cm³/mol. The van der Waals surface area contributed by atoms with Gasteiger partial charge in [0.05, 0.1) is 18.6 Å². The Balaban J connectivity index is 1.82. The molecule has 1 aliphatic heterocycles. The molecule has 1 aromatic rings. The van der Waals surface area contributed by atoms with Crippen molar-refractivity contribution < 1.29 is 0 Å². The van der Waals surface area contributed by atoms with E-state index in [2.05, 4.69) is 25.6 Å². The van der Waals surface area contributed by atoms with Crippen LogP contribution < -0.4 is 10.6 Å². The second kappa shape index (κ2) is 3.93. The highest BCUT2D eigenvalue weighted by Gasteiger charge is 2.02. The van der Waals surface area contributed by atoms with Crippen LogP contribution in [0.25, 0.3) is 0 Å². The van der Waals surface area contributed by atoms with Crippen LogP contribution in [0.5, 0.6) is 0 Å². The first kappa shape index (κ1) is 8.10. The summed E-state index contributed by atoms with van der Waals surface area (Å²) in [5, 5.41) is 6.38. The second-order valence-electron chi connectivity index (χ2n) is 2.94. The Hall–Kier alpha value is -1.52. The summed E-state index contributed by atoms with van der Waals surface area (Å²) in [6, 6.07) is 0. The molecular weight excluding hydrogens is 166 g/mol. The molecule has 1 aromatic heterocycles. The number of hydrogen-bond acceptors (Lipinski definition) is 4. The van der Waals surface area contributed by atoms with Gasteiger partial charge in [0, 0.05) is 19.3 Å². The fourth-order valence-corrected chi connectivity index (χ4v) is 1.21. The molecule has 0 saturated heterocycles. The summed E-state index contributed by atoms with van der Waals surface area (Å²) >= 11 is 0. The van der Waals surface area contributed by atoms with E-state index in [-0.39, 0.29) is 0 Å². The van der Waals surface area contributed by atoms with Gasteiger partial charge in [0.25, 0.3) is 0 Å². The topological polar surface area (TPSA) is 65.1 Å². The van der Waals surface area contributed by atoms with E-state index in [0.29, 0.717) is 0 Å². The quantitative estimate of drug-likeness (QED) is 0.591. The van der Waals surface area contributed by atoms with E-state index in [4.69, 9.17) is 0 Å². The van der Waals surface area contributed by atoms with Gasteiger partial charge < -0.3 is 15.6 Å². The Morgan fingerprint density at radius 3 is 3.23 bits per heavy atom. The number of hydrogen-bond donors (Lipinski definition) is 3. The van der Waals surface area contributed by atoms with Gasteiger partial charge in [-0.25, -0.2) is 4.98 Å². The molecule has 0 aliphatic carbocycles.